The SMILES string of the molecule is C=CCNC(=O)COc1cccc(CC(N)CC)c1. The predicted molar refractivity (Wildman–Crippen MR) is 77.1 cm³/mol. The first-order chi connectivity index (χ1) is 9.15. The first-order valence-corrected chi connectivity index (χ1v) is 6.50. The zero-order chi connectivity index (χ0) is 14.1. The van der Waals surface area contributed by atoms with Gasteiger partial charge in [-0.25, -0.2) is 0 Å². The van der Waals surface area contributed by atoms with Gasteiger partial charge in [0.15, 0.2) is 6.61 Å². The number of carbonyl (C=O) groups is 1. The molecule has 4 heteroatoms. The van der Waals surface area contributed by atoms with Crippen LogP contribution in [-0.4, -0.2) is 25.1 Å². The summed E-state index contributed by atoms with van der Waals surface area (Å²) in [7, 11) is 0. The van der Waals surface area contributed by atoms with Crippen LogP contribution in [0.3, 0.4) is 0 Å². The quantitative estimate of drug-likeness (QED) is 0.700. The van der Waals surface area contributed by atoms with Crippen molar-refractivity contribution in [2.24, 2.45) is 5.73 Å². The minimum atomic E-state index is -0.157. The lowest BCUT2D eigenvalue weighted by atomic mass is 10.0. The van der Waals surface area contributed by atoms with Gasteiger partial charge in [-0.15, -0.1) is 6.58 Å². The Morgan fingerprint density at radius 3 is 3.05 bits per heavy atom. The second kappa shape index (κ2) is 8.32. The van der Waals surface area contributed by atoms with Gasteiger partial charge < -0.3 is 15.8 Å². The van der Waals surface area contributed by atoms with Gasteiger partial charge >= 0.3 is 0 Å². The Morgan fingerprint density at radius 1 is 1.58 bits per heavy atom. The minimum Gasteiger partial charge on any atom is -0.484 e. The van der Waals surface area contributed by atoms with Crippen LogP contribution in [0.2, 0.25) is 0 Å². The highest BCUT2D eigenvalue weighted by Crippen LogP contribution is 2.14. The van der Waals surface area contributed by atoms with E-state index in [4.69, 9.17) is 10.5 Å². The van der Waals surface area contributed by atoms with Crippen LogP contribution in [0.15, 0.2) is 36.9 Å². The molecule has 3 N–H and O–H groups in total. The smallest absolute Gasteiger partial charge is 0.258 e. The number of rotatable bonds is 8. The van der Waals surface area contributed by atoms with Gasteiger partial charge in [0.1, 0.15) is 5.75 Å². The lowest BCUT2D eigenvalue weighted by Gasteiger charge is -2.11. The molecule has 0 aliphatic carbocycles. The van der Waals surface area contributed by atoms with Crippen LogP contribution in [-0.2, 0) is 11.2 Å². The third kappa shape index (κ3) is 6.06. The molecule has 0 aliphatic heterocycles. The summed E-state index contributed by atoms with van der Waals surface area (Å²) in [5, 5.41) is 2.66. The van der Waals surface area contributed by atoms with Gasteiger partial charge in [0.2, 0.25) is 0 Å². The molecular formula is C15H22N2O2. The molecule has 0 bridgehead atoms. The minimum absolute atomic E-state index is 0.0110. The number of amides is 1. The Bertz CT molecular complexity index is 418. The van der Waals surface area contributed by atoms with E-state index in [2.05, 4.69) is 18.8 Å². The van der Waals surface area contributed by atoms with Crippen molar-refractivity contribution in [3.8, 4) is 5.75 Å². The van der Waals surface area contributed by atoms with Gasteiger partial charge in [-0.3, -0.25) is 4.79 Å². The molecule has 1 unspecified atom stereocenters. The molecule has 0 heterocycles. The van der Waals surface area contributed by atoms with Crippen molar-refractivity contribution in [2.75, 3.05) is 13.2 Å². The Balaban J connectivity index is 2.47. The van der Waals surface area contributed by atoms with E-state index in [9.17, 15) is 4.79 Å². The average molecular weight is 262 g/mol. The molecule has 1 amide bonds. The number of nitrogens with two attached hydrogens (primary N) is 1. The van der Waals surface area contributed by atoms with Crippen LogP contribution < -0.4 is 15.8 Å². The number of carbonyl (C=O) groups excluding carboxylic acids is 1. The summed E-state index contributed by atoms with van der Waals surface area (Å²) in [6.45, 7) is 6.06. The number of ether oxygens (including phenoxy) is 1. The summed E-state index contributed by atoms with van der Waals surface area (Å²) in [4.78, 5) is 11.4. The second-order valence-corrected chi connectivity index (χ2v) is 4.40. The van der Waals surface area contributed by atoms with Crippen LogP contribution in [0.1, 0.15) is 18.9 Å². The normalized spacial score (nSPS) is 11.7. The number of hydrogen-bond donors (Lipinski definition) is 2. The number of hydrogen-bond acceptors (Lipinski definition) is 3. The van der Waals surface area contributed by atoms with E-state index in [1.165, 1.54) is 0 Å². The first-order valence-electron chi connectivity index (χ1n) is 6.50. The molecule has 1 atom stereocenters. The number of benzene rings is 1. The van der Waals surface area contributed by atoms with Crippen molar-refractivity contribution in [2.45, 2.75) is 25.8 Å². The van der Waals surface area contributed by atoms with Crippen LogP contribution in [0.4, 0.5) is 0 Å². The molecule has 4 nitrogen and oxygen atoms in total. The Hall–Kier alpha value is -1.81. The van der Waals surface area contributed by atoms with Gasteiger partial charge in [0.05, 0.1) is 0 Å². The monoisotopic (exact) mass is 262 g/mol. The third-order valence-corrected chi connectivity index (χ3v) is 2.73. The Labute approximate surface area is 114 Å². The van der Waals surface area contributed by atoms with Gasteiger partial charge in [-0.2, -0.15) is 0 Å². The summed E-state index contributed by atoms with van der Waals surface area (Å²) in [5.74, 6) is 0.533. The third-order valence-electron chi connectivity index (χ3n) is 2.73. The molecule has 0 saturated carbocycles. The Morgan fingerprint density at radius 2 is 2.37 bits per heavy atom. The maximum absolute atomic E-state index is 11.4. The van der Waals surface area contributed by atoms with Crippen molar-refractivity contribution in [1.82, 2.24) is 5.32 Å². The zero-order valence-corrected chi connectivity index (χ0v) is 11.4. The largest absolute Gasteiger partial charge is 0.484 e. The van der Waals surface area contributed by atoms with Gasteiger partial charge in [0.25, 0.3) is 5.91 Å². The van der Waals surface area contributed by atoms with E-state index in [1.807, 2.05) is 24.3 Å². The molecule has 0 fully saturated rings. The maximum Gasteiger partial charge on any atom is 0.258 e. The van der Waals surface area contributed by atoms with E-state index in [-0.39, 0.29) is 18.6 Å². The van der Waals surface area contributed by atoms with Crippen molar-refractivity contribution < 1.29 is 9.53 Å². The zero-order valence-electron chi connectivity index (χ0n) is 11.4. The van der Waals surface area contributed by atoms with E-state index in [0.717, 1.165) is 18.4 Å². The fourth-order valence-corrected chi connectivity index (χ4v) is 1.60. The highest BCUT2D eigenvalue weighted by atomic mass is 16.5. The average Bonchev–Trinajstić information content (AvgIpc) is 2.43. The molecule has 0 radical (unpaired) electrons. The van der Waals surface area contributed by atoms with Crippen molar-refractivity contribution in [3.63, 3.8) is 0 Å². The van der Waals surface area contributed by atoms with E-state index >= 15 is 0 Å². The molecule has 0 aliphatic rings. The molecule has 1 aromatic rings. The van der Waals surface area contributed by atoms with E-state index in [0.29, 0.717) is 12.3 Å². The fourth-order valence-electron chi connectivity index (χ4n) is 1.60. The van der Waals surface area contributed by atoms with Crippen molar-refractivity contribution >= 4 is 5.91 Å². The number of nitrogens with one attached hydrogen (secondary N) is 1. The standard InChI is InChI=1S/C15H22N2O2/c1-3-8-17-15(18)11-19-14-7-5-6-12(10-14)9-13(16)4-2/h3,5-7,10,13H,1,4,8-9,11,16H2,2H3,(H,17,18). The molecule has 104 valence electrons. The Kier molecular flexibility index (Phi) is 6.68. The van der Waals surface area contributed by atoms with E-state index < -0.39 is 0 Å². The lowest BCUT2D eigenvalue weighted by molar-refractivity contribution is -0.122. The molecule has 0 spiro atoms. The molecular weight excluding hydrogens is 240 g/mol. The fraction of sp³-hybridized carbons (Fsp3) is 0.400. The van der Waals surface area contributed by atoms with Crippen molar-refractivity contribution in [3.05, 3.63) is 42.5 Å². The topological polar surface area (TPSA) is 64.3 Å². The van der Waals surface area contributed by atoms with Crippen LogP contribution in [0, 0.1) is 0 Å². The highest BCUT2D eigenvalue weighted by molar-refractivity contribution is 5.77. The van der Waals surface area contributed by atoms with Gasteiger partial charge in [0, 0.05) is 12.6 Å². The van der Waals surface area contributed by atoms with E-state index in [1.54, 1.807) is 6.08 Å². The van der Waals surface area contributed by atoms with Gasteiger partial charge in [-0.1, -0.05) is 25.1 Å². The molecule has 0 saturated heterocycles. The summed E-state index contributed by atoms with van der Waals surface area (Å²) >= 11 is 0. The molecule has 1 rings (SSSR count). The molecule has 1 aromatic carbocycles. The lowest BCUT2D eigenvalue weighted by Crippen LogP contribution is -2.28. The predicted octanol–water partition coefficient (Wildman–Crippen LogP) is 1.65. The van der Waals surface area contributed by atoms with Gasteiger partial charge in [-0.05, 0) is 30.5 Å². The first kappa shape index (κ1) is 15.2. The molecule has 19 heavy (non-hydrogen) atoms. The second-order valence-electron chi connectivity index (χ2n) is 4.40. The summed E-state index contributed by atoms with van der Waals surface area (Å²) < 4.78 is 5.43. The van der Waals surface area contributed by atoms with Crippen LogP contribution in [0.5, 0.6) is 5.75 Å². The highest BCUT2D eigenvalue weighted by Gasteiger charge is 2.04. The summed E-state index contributed by atoms with van der Waals surface area (Å²) in [6.07, 6.45) is 3.38. The van der Waals surface area contributed by atoms with Crippen LogP contribution in [0.25, 0.3) is 0 Å². The summed E-state index contributed by atoms with van der Waals surface area (Å²) in [6, 6.07) is 7.85. The molecule has 0 aromatic heterocycles. The van der Waals surface area contributed by atoms with Crippen LogP contribution >= 0.6 is 0 Å². The maximum atomic E-state index is 11.4. The summed E-state index contributed by atoms with van der Waals surface area (Å²) in [5.41, 5.74) is 7.04. The van der Waals surface area contributed by atoms with Crippen molar-refractivity contribution in [1.29, 1.82) is 0 Å².